The van der Waals surface area contributed by atoms with Gasteiger partial charge in [-0.3, -0.25) is 0 Å². The van der Waals surface area contributed by atoms with Crippen molar-refractivity contribution < 1.29 is 4.90 Å². The Morgan fingerprint density at radius 2 is 1.74 bits per heavy atom. The molecule has 1 N–H and O–H groups in total. The molecule has 23 heavy (non-hydrogen) atoms. The number of tetrazole rings is 1. The molecule has 1 atom stereocenters. The summed E-state index contributed by atoms with van der Waals surface area (Å²) in [4.78, 5) is 1.52. The largest absolute Gasteiger partial charge is 0.324 e. The van der Waals surface area contributed by atoms with Crippen molar-refractivity contribution >= 4 is 0 Å². The Labute approximate surface area is 135 Å². The average Bonchev–Trinajstić information content (AvgIpc) is 3.02. The highest BCUT2D eigenvalue weighted by molar-refractivity contribution is 5.27. The lowest BCUT2D eigenvalue weighted by Gasteiger charge is -2.25. The van der Waals surface area contributed by atoms with E-state index in [1.807, 2.05) is 22.9 Å². The number of nitrogens with zero attached hydrogens (tertiary/aromatic N) is 4. The van der Waals surface area contributed by atoms with Crippen LogP contribution in [0.5, 0.6) is 0 Å². The molecule has 2 heterocycles. The van der Waals surface area contributed by atoms with Gasteiger partial charge in [0, 0.05) is 12.0 Å². The summed E-state index contributed by atoms with van der Waals surface area (Å²) in [6.45, 7) is 3.78. The lowest BCUT2D eigenvalue weighted by molar-refractivity contribution is -0.930. The van der Waals surface area contributed by atoms with Gasteiger partial charge in [-0.05, 0) is 21.6 Å². The maximum atomic E-state index is 4.24. The predicted molar refractivity (Wildman–Crippen MR) is 86.7 cm³/mol. The molecule has 0 amide bonds. The van der Waals surface area contributed by atoms with Crippen LogP contribution in [0.4, 0.5) is 0 Å². The molecule has 116 valence electrons. The topological polar surface area (TPSA) is 48.0 Å². The lowest BCUT2D eigenvalue weighted by atomic mass is 10.00. The highest BCUT2D eigenvalue weighted by Gasteiger charge is 2.21. The van der Waals surface area contributed by atoms with Crippen LogP contribution in [0.15, 0.2) is 54.6 Å². The van der Waals surface area contributed by atoms with Crippen molar-refractivity contribution in [3.8, 4) is 0 Å². The molecule has 0 spiro atoms. The zero-order valence-electron chi connectivity index (χ0n) is 13.0. The molecule has 0 fully saturated rings. The molecular formula is C18H20N5+. The van der Waals surface area contributed by atoms with Gasteiger partial charge >= 0.3 is 0 Å². The second kappa shape index (κ2) is 6.30. The fraction of sp³-hybridized carbons (Fsp3) is 0.278. The number of hydrogen-bond acceptors (Lipinski definition) is 3. The first-order valence-electron chi connectivity index (χ1n) is 8.08. The van der Waals surface area contributed by atoms with Crippen LogP contribution in [0.3, 0.4) is 0 Å². The minimum absolute atomic E-state index is 0.729. The van der Waals surface area contributed by atoms with Crippen LogP contribution in [0.1, 0.15) is 22.5 Å². The van der Waals surface area contributed by atoms with Crippen molar-refractivity contribution in [3.63, 3.8) is 0 Å². The van der Waals surface area contributed by atoms with Gasteiger partial charge in [0.15, 0.2) is 0 Å². The molecule has 2 aromatic carbocycles. The third kappa shape index (κ3) is 3.14. The zero-order valence-corrected chi connectivity index (χ0v) is 13.0. The van der Waals surface area contributed by atoms with Gasteiger partial charge in [-0.1, -0.05) is 54.6 Å². The number of nitrogens with one attached hydrogen (secondary N) is 1. The summed E-state index contributed by atoms with van der Waals surface area (Å²) in [6.07, 6.45) is 1.13. The van der Waals surface area contributed by atoms with E-state index < -0.39 is 0 Å². The third-order valence-electron chi connectivity index (χ3n) is 4.50. The molecule has 3 aromatic rings. The molecular weight excluding hydrogens is 286 g/mol. The summed E-state index contributed by atoms with van der Waals surface area (Å²) in [6, 6.07) is 19.1. The van der Waals surface area contributed by atoms with Crippen LogP contribution in [-0.4, -0.2) is 26.8 Å². The maximum absolute atomic E-state index is 4.24. The Balaban J connectivity index is 1.47. The van der Waals surface area contributed by atoms with Crippen molar-refractivity contribution in [2.24, 2.45) is 0 Å². The van der Waals surface area contributed by atoms with E-state index in [2.05, 4.69) is 51.9 Å². The Morgan fingerprint density at radius 3 is 2.61 bits per heavy atom. The Kier molecular flexibility index (Phi) is 3.86. The fourth-order valence-electron chi connectivity index (χ4n) is 3.25. The summed E-state index contributed by atoms with van der Waals surface area (Å²) >= 11 is 0. The first-order valence-corrected chi connectivity index (χ1v) is 8.08. The van der Waals surface area contributed by atoms with E-state index in [1.54, 1.807) is 0 Å². The molecule has 0 saturated heterocycles. The van der Waals surface area contributed by atoms with Crippen molar-refractivity contribution in [1.82, 2.24) is 20.2 Å². The van der Waals surface area contributed by atoms with Crippen LogP contribution in [0.2, 0.25) is 0 Å². The van der Waals surface area contributed by atoms with Gasteiger partial charge in [-0.2, -0.15) is 0 Å². The number of rotatable bonds is 4. The maximum Gasteiger partial charge on any atom is 0.206 e. The Bertz CT molecular complexity index is 781. The zero-order chi connectivity index (χ0) is 15.5. The second-order valence-corrected chi connectivity index (χ2v) is 6.11. The van der Waals surface area contributed by atoms with E-state index >= 15 is 0 Å². The summed E-state index contributed by atoms with van der Waals surface area (Å²) in [5.41, 5.74) is 4.16. The van der Waals surface area contributed by atoms with E-state index in [9.17, 15) is 0 Å². The molecule has 0 aliphatic carbocycles. The highest BCUT2D eigenvalue weighted by atomic mass is 15.5. The fourth-order valence-corrected chi connectivity index (χ4v) is 3.25. The van der Waals surface area contributed by atoms with Crippen LogP contribution in [-0.2, 0) is 26.1 Å². The Hall–Kier alpha value is -2.53. The van der Waals surface area contributed by atoms with Gasteiger partial charge in [-0.25, -0.2) is 4.68 Å². The molecule has 0 saturated carbocycles. The van der Waals surface area contributed by atoms with Gasteiger partial charge in [-0.15, -0.1) is 5.10 Å². The highest BCUT2D eigenvalue weighted by Crippen LogP contribution is 2.11. The van der Waals surface area contributed by atoms with Crippen LogP contribution in [0.25, 0.3) is 0 Å². The van der Waals surface area contributed by atoms with Crippen LogP contribution >= 0.6 is 0 Å². The van der Waals surface area contributed by atoms with Crippen molar-refractivity contribution in [3.05, 3.63) is 77.1 Å². The number of hydrogen-bond donors (Lipinski definition) is 1. The summed E-state index contributed by atoms with van der Waals surface area (Å²) in [5.74, 6) is 0.961. The van der Waals surface area contributed by atoms with E-state index in [4.69, 9.17) is 0 Å². The second-order valence-electron chi connectivity index (χ2n) is 6.11. The molecule has 1 unspecified atom stereocenters. The average molecular weight is 306 g/mol. The van der Waals surface area contributed by atoms with Gasteiger partial charge < -0.3 is 4.90 Å². The standard InChI is InChI=1S/C18H19N5/c1-2-6-15(7-3-1)12-23-18(19-20-21-23)14-22-11-10-16-8-4-5-9-17(16)13-22/h1-9H,10-14H2/p+1. The predicted octanol–water partition coefficient (Wildman–Crippen LogP) is 0.863. The molecule has 5 nitrogen and oxygen atoms in total. The number of aromatic nitrogens is 4. The van der Waals surface area contributed by atoms with Gasteiger partial charge in [0.2, 0.25) is 5.82 Å². The molecule has 0 bridgehead atoms. The summed E-state index contributed by atoms with van der Waals surface area (Å²) in [7, 11) is 0. The number of quaternary nitrogens is 1. The van der Waals surface area contributed by atoms with Crippen molar-refractivity contribution in [1.29, 1.82) is 0 Å². The minimum atomic E-state index is 0.729. The molecule has 1 aliphatic rings. The molecule has 1 aliphatic heterocycles. The van der Waals surface area contributed by atoms with Crippen molar-refractivity contribution in [2.75, 3.05) is 6.54 Å². The number of benzene rings is 2. The first kappa shape index (κ1) is 14.1. The minimum Gasteiger partial charge on any atom is -0.324 e. The SMILES string of the molecule is c1ccc(Cn2nnnc2C[NH+]2CCc3ccccc3C2)cc1. The molecule has 5 heteroatoms. The molecule has 1 aromatic heterocycles. The lowest BCUT2D eigenvalue weighted by Crippen LogP contribution is -3.10. The van der Waals surface area contributed by atoms with E-state index in [0.29, 0.717) is 0 Å². The Morgan fingerprint density at radius 1 is 0.957 bits per heavy atom. The third-order valence-corrected chi connectivity index (χ3v) is 4.50. The monoisotopic (exact) mass is 306 g/mol. The van der Waals surface area contributed by atoms with E-state index in [1.165, 1.54) is 21.6 Å². The quantitative estimate of drug-likeness (QED) is 0.778. The first-order chi connectivity index (χ1) is 11.4. The van der Waals surface area contributed by atoms with E-state index in [0.717, 1.165) is 38.4 Å². The normalized spacial score (nSPS) is 17.0. The smallest absolute Gasteiger partial charge is 0.206 e. The van der Waals surface area contributed by atoms with Gasteiger partial charge in [0.1, 0.15) is 13.1 Å². The van der Waals surface area contributed by atoms with Crippen molar-refractivity contribution in [2.45, 2.75) is 26.1 Å². The van der Waals surface area contributed by atoms with Gasteiger partial charge in [0.05, 0.1) is 13.1 Å². The molecule has 0 radical (unpaired) electrons. The van der Waals surface area contributed by atoms with Crippen LogP contribution in [0, 0.1) is 0 Å². The summed E-state index contributed by atoms with van der Waals surface area (Å²) in [5, 5.41) is 12.3. The number of fused-ring (bicyclic) bond motifs is 1. The molecule has 4 rings (SSSR count). The van der Waals surface area contributed by atoms with Crippen LogP contribution < -0.4 is 4.90 Å². The van der Waals surface area contributed by atoms with E-state index in [-0.39, 0.29) is 0 Å². The van der Waals surface area contributed by atoms with Gasteiger partial charge in [0.25, 0.3) is 0 Å². The summed E-state index contributed by atoms with van der Waals surface area (Å²) < 4.78 is 1.92.